The van der Waals surface area contributed by atoms with E-state index in [4.69, 9.17) is 4.74 Å². The summed E-state index contributed by atoms with van der Waals surface area (Å²) in [6, 6.07) is 12.3. The molecule has 1 aromatic heterocycles. The van der Waals surface area contributed by atoms with E-state index < -0.39 is 6.10 Å². The van der Waals surface area contributed by atoms with E-state index >= 15 is 0 Å². The van der Waals surface area contributed by atoms with Crippen LogP contribution in [-0.2, 0) is 6.54 Å². The van der Waals surface area contributed by atoms with Crippen LogP contribution < -0.4 is 15.4 Å². The first kappa shape index (κ1) is 19.3. The molecule has 0 saturated heterocycles. The van der Waals surface area contributed by atoms with Gasteiger partial charge in [-0.05, 0) is 53.6 Å². The quantitative estimate of drug-likeness (QED) is 0.603. The molecular weight excluding hydrogens is 360 g/mol. The van der Waals surface area contributed by atoms with E-state index in [1.807, 2.05) is 24.3 Å². The van der Waals surface area contributed by atoms with Crippen molar-refractivity contribution in [3.8, 4) is 11.4 Å². The predicted octanol–water partition coefficient (Wildman–Crippen LogP) is 2.35. The number of carbonyl (C=O) groups is 1. The predicted molar refractivity (Wildman–Crippen MR) is 103 cm³/mol. The van der Waals surface area contributed by atoms with E-state index in [-0.39, 0.29) is 6.03 Å². The number of tetrazole rings is 1. The largest absolute Gasteiger partial charge is 0.494 e. The van der Waals surface area contributed by atoms with Gasteiger partial charge in [-0.1, -0.05) is 24.3 Å². The number of benzene rings is 2. The molecule has 3 rings (SSSR count). The number of ether oxygens (including phenoxy) is 1. The molecule has 0 fully saturated rings. The van der Waals surface area contributed by atoms with E-state index in [0.717, 1.165) is 11.1 Å². The summed E-state index contributed by atoms with van der Waals surface area (Å²) in [6.45, 7) is 3.84. The summed E-state index contributed by atoms with van der Waals surface area (Å²) in [5.41, 5.74) is 2.96. The maximum atomic E-state index is 12.2. The summed E-state index contributed by atoms with van der Waals surface area (Å²) in [4.78, 5) is 12.2. The van der Waals surface area contributed by atoms with Crippen LogP contribution in [0.3, 0.4) is 0 Å². The second-order valence-electron chi connectivity index (χ2n) is 6.25. The second kappa shape index (κ2) is 8.49. The number of aryl methyl sites for hydroxylation is 1. The lowest BCUT2D eigenvalue weighted by atomic mass is 10.1. The lowest BCUT2D eigenvalue weighted by Crippen LogP contribution is -2.28. The van der Waals surface area contributed by atoms with Crippen LogP contribution in [0.2, 0.25) is 0 Å². The lowest BCUT2D eigenvalue weighted by Gasteiger charge is -2.12. The number of nitrogens with zero attached hydrogens (tertiary/aromatic N) is 4. The van der Waals surface area contributed by atoms with E-state index in [1.54, 1.807) is 39.2 Å². The molecule has 1 unspecified atom stereocenters. The van der Waals surface area contributed by atoms with Crippen molar-refractivity contribution in [2.75, 3.05) is 12.4 Å². The maximum Gasteiger partial charge on any atom is 0.319 e. The molecule has 3 N–H and O–H groups in total. The SMILES string of the molecule is COc1ccc(NC(=O)NCc2ccc(C(C)O)cc2)cc1-n1nnnc1C. The average molecular weight is 382 g/mol. The van der Waals surface area contributed by atoms with Crippen LogP contribution in [-0.4, -0.2) is 38.5 Å². The number of urea groups is 1. The van der Waals surface area contributed by atoms with Crippen molar-refractivity contribution in [2.45, 2.75) is 26.5 Å². The van der Waals surface area contributed by atoms with Gasteiger partial charge in [-0.2, -0.15) is 4.68 Å². The van der Waals surface area contributed by atoms with Crippen LogP contribution in [0.5, 0.6) is 5.75 Å². The number of methoxy groups -OCH3 is 1. The Balaban J connectivity index is 1.66. The van der Waals surface area contributed by atoms with Gasteiger partial charge in [-0.15, -0.1) is 5.10 Å². The van der Waals surface area contributed by atoms with Crippen LogP contribution in [0.25, 0.3) is 5.69 Å². The van der Waals surface area contributed by atoms with Crippen molar-refractivity contribution in [3.05, 3.63) is 59.4 Å². The molecule has 0 spiro atoms. The third-order valence-electron chi connectivity index (χ3n) is 4.21. The number of aromatic nitrogens is 4. The van der Waals surface area contributed by atoms with Gasteiger partial charge in [0.05, 0.1) is 13.2 Å². The topological polar surface area (TPSA) is 114 Å². The highest BCUT2D eigenvalue weighted by Gasteiger charge is 2.12. The summed E-state index contributed by atoms with van der Waals surface area (Å²) in [7, 11) is 1.56. The van der Waals surface area contributed by atoms with Crippen molar-refractivity contribution in [1.29, 1.82) is 0 Å². The number of nitrogens with one attached hydrogen (secondary N) is 2. The first-order valence-electron chi connectivity index (χ1n) is 8.73. The molecule has 1 heterocycles. The van der Waals surface area contributed by atoms with E-state index in [0.29, 0.717) is 29.5 Å². The van der Waals surface area contributed by atoms with Gasteiger partial charge in [0.25, 0.3) is 0 Å². The fourth-order valence-corrected chi connectivity index (χ4v) is 2.66. The third kappa shape index (κ3) is 4.44. The second-order valence-corrected chi connectivity index (χ2v) is 6.25. The highest BCUT2D eigenvalue weighted by Crippen LogP contribution is 2.26. The van der Waals surface area contributed by atoms with Crippen molar-refractivity contribution >= 4 is 11.7 Å². The van der Waals surface area contributed by atoms with Crippen molar-refractivity contribution in [3.63, 3.8) is 0 Å². The van der Waals surface area contributed by atoms with Crippen molar-refractivity contribution in [1.82, 2.24) is 25.5 Å². The molecule has 0 aliphatic rings. The first-order chi connectivity index (χ1) is 13.5. The molecule has 9 heteroatoms. The molecule has 0 saturated carbocycles. The van der Waals surface area contributed by atoms with Crippen molar-refractivity contribution in [2.24, 2.45) is 0 Å². The minimum Gasteiger partial charge on any atom is -0.494 e. The fourth-order valence-electron chi connectivity index (χ4n) is 2.66. The number of amides is 2. The first-order valence-corrected chi connectivity index (χ1v) is 8.73. The zero-order valence-electron chi connectivity index (χ0n) is 15.9. The Bertz CT molecular complexity index is 953. The standard InChI is InChI=1S/C19H22N6O3/c1-12(26)15-6-4-14(5-7-15)11-20-19(27)21-16-8-9-18(28-3)17(10-16)25-13(2)22-23-24-25/h4-10,12,26H,11H2,1-3H3,(H2,20,21,27). The Hall–Kier alpha value is -3.46. The number of hydrogen-bond acceptors (Lipinski definition) is 6. The van der Waals surface area contributed by atoms with Crippen LogP contribution in [0.4, 0.5) is 10.5 Å². The molecule has 3 aromatic rings. The number of aliphatic hydroxyl groups is 1. The Kier molecular flexibility index (Phi) is 5.85. The van der Waals surface area contributed by atoms with E-state index in [1.165, 1.54) is 4.68 Å². The molecule has 0 bridgehead atoms. The summed E-state index contributed by atoms with van der Waals surface area (Å²) in [6.07, 6.45) is -0.515. The highest BCUT2D eigenvalue weighted by molar-refractivity contribution is 5.89. The van der Waals surface area contributed by atoms with Gasteiger partial charge < -0.3 is 20.5 Å². The van der Waals surface area contributed by atoms with Crippen LogP contribution in [0.1, 0.15) is 30.0 Å². The van der Waals surface area contributed by atoms with Gasteiger partial charge in [-0.3, -0.25) is 0 Å². The maximum absolute atomic E-state index is 12.2. The molecule has 2 amide bonds. The van der Waals surface area contributed by atoms with Gasteiger partial charge in [0.1, 0.15) is 11.4 Å². The van der Waals surface area contributed by atoms with Gasteiger partial charge in [0.2, 0.25) is 0 Å². The minimum atomic E-state index is -0.515. The molecule has 1 atom stereocenters. The lowest BCUT2D eigenvalue weighted by molar-refractivity contribution is 0.199. The third-order valence-corrected chi connectivity index (χ3v) is 4.21. The zero-order valence-corrected chi connectivity index (χ0v) is 15.9. The number of aliphatic hydroxyl groups excluding tert-OH is 1. The van der Waals surface area contributed by atoms with Gasteiger partial charge in [0.15, 0.2) is 5.82 Å². The Morgan fingerprint density at radius 1 is 1.25 bits per heavy atom. The van der Waals surface area contributed by atoms with E-state index in [9.17, 15) is 9.90 Å². The molecule has 0 aliphatic carbocycles. The molecule has 28 heavy (non-hydrogen) atoms. The Morgan fingerprint density at radius 3 is 2.61 bits per heavy atom. The molecule has 9 nitrogen and oxygen atoms in total. The Labute approximate surface area is 162 Å². The smallest absolute Gasteiger partial charge is 0.319 e. The molecule has 146 valence electrons. The summed E-state index contributed by atoms with van der Waals surface area (Å²) >= 11 is 0. The minimum absolute atomic E-state index is 0.343. The fraction of sp³-hybridized carbons (Fsp3) is 0.263. The molecule has 2 aromatic carbocycles. The highest BCUT2D eigenvalue weighted by atomic mass is 16.5. The zero-order chi connectivity index (χ0) is 20.1. The molecule has 0 aliphatic heterocycles. The Morgan fingerprint density at radius 2 is 2.00 bits per heavy atom. The van der Waals surface area contributed by atoms with Gasteiger partial charge in [-0.25, -0.2) is 4.79 Å². The molecule has 0 radical (unpaired) electrons. The number of carbonyl (C=O) groups excluding carboxylic acids is 1. The number of hydrogen-bond donors (Lipinski definition) is 3. The molecular formula is C19H22N6O3. The van der Waals surface area contributed by atoms with Crippen LogP contribution >= 0.6 is 0 Å². The summed E-state index contributed by atoms with van der Waals surface area (Å²) < 4.78 is 6.89. The van der Waals surface area contributed by atoms with E-state index in [2.05, 4.69) is 26.2 Å². The monoisotopic (exact) mass is 382 g/mol. The van der Waals surface area contributed by atoms with Gasteiger partial charge in [0, 0.05) is 12.2 Å². The van der Waals surface area contributed by atoms with Crippen LogP contribution in [0, 0.1) is 6.92 Å². The summed E-state index contributed by atoms with van der Waals surface area (Å²) in [5.74, 6) is 1.18. The normalized spacial score (nSPS) is 11.7. The van der Waals surface area contributed by atoms with Gasteiger partial charge >= 0.3 is 6.03 Å². The number of anilines is 1. The van der Waals surface area contributed by atoms with Crippen molar-refractivity contribution < 1.29 is 14.6 Å². The summed E-state index contributed by atoms with van der Waals surface area (Å²) in [5, 5.41) is 26.6. The van der Waals surface area contributed by atoms with Crippen LogP contribution in [0.15, 0.2) is 42.5 Å². The number of rotatable bonds is 6. The average Bonchev–Trinajstić information content (AvgIpc) is 3.12.